The number of aromatic nitrogens is 2. The van der Waals surface area contributed by atoms with E-state index in [4.69, 9.17) is 0 Å². The molecule has 1 atom stereocenters. The second kappa shape index (κ2) is 5.29. The second-order valence-electron chi connectivity index (χ2n) is 5.31. The molecule has 1 aromatic heterocycles. The van der Waals surface area contributed by atoms with E-state index < -0.39 is 0 Å². The van der Waals surface area contributed by atoms with E-state index in [2.05, 4.69) is 28.5 Å². The fraction of sp³-hybridized carbons (Fsp3) is 0.400. The predicted octanol–water partition coefficient (Wildman–Crippen LogP) is 3.20. The molecule has 3 rings (SSSR count). The summed E-state index contributed by atoms with van der Waals surface area (Å²) in [6, 6.07) is 9.93. The van der Waals surface area contributed by atoms with Crippen LogP contribution < -0.4 is 5.32 Å². The molecule has 0 radical (unpaired) electrons. The molecule has 0 amide bonds. The van der Waals surface area contributed by atoms with Crippen LogP contribution in [0, 0.1) is 11.3 Å². The van der Waals surface area contributed by atoms with E-state index in [-0.39, 0.29) is 4.75 Å². The van der Waals surface area contributed by atoms with Crippen molar-refractivity contribution >= 4 is 28.4 Å². The minimum Gasteiger partial charge on any atom is -0.381 e. The Labute approximate surface area is 122 Å². The van der Waals surface area contributed by atoms with Gasteiger partial charge in [0, 0.05) is 16.7 Å². The normalized spacial score (nSPS) is 21.8. The van der Waals surface area contributed by atoms with E-state index in [1.807, 2.05) is 36.0 Å². The summed E-state index contributed by atoms with van der Waals surface area (Å²) in [7, 11) is 0. The Bertz CT molecular complexity index is 671. The first-order valence-electron chi connectivity index (χ1n) is 6.75. The first kappa shape index (κ1) is 13.2. The molecule has 5 heteroatoms. The van der Waals surface area contributed by atoms with Crippen molar-refractivity contribution in [3.05, 3.63) is 30.0 Å². The maximum absolute atomic E-state index is 9.24. The number of anilines is 1. The highest BCUT2D eigenvalue weighted by molar-refractivity contribution is 8.00. The molecular formula is C15H16N4S. The Morgan fingerprint density at radius 2 is 2.25 bits per heavy atom. The number of fused-ring (bicyclic) bond motifs is 1. The van der Waals surface area contributed by atoms with Crippen molar-refractivity contribution in [3.63, 3.8) is 0 Å². The molecule has 1 fully saturated rings. The third kappa shape index (κ3) is 2.44. The third-order valence-electron chi connectivity index (χ3n) is 3.71. The molecule has 4 nitrogen and oxygen atoms in total. The van der Waals surface area contributed by atoms with Crippen LogP contribution in [0.3, 0.4) is 0 Å². The first-order valence-corrected chi connectivity index (χ1v) is 7.74. The molecule has 102 valence electrons. The topological polar surface area (TPSA) is 61.6 Å². The van der Waals surface area contributed by atoms with Crippen LogP contribution in [-0.2, 0) is 0 Å². The van der Waals surface area contributed by atoms with Crippen LogP contribution in [0.5, 0.6) is 0 Å². The van der Waals surface area contributed by atoms with Crippen LogP contribution in [0.4, 0.5) is 5.69 Å². The van der Waals surface area contributed by atoms with Crippen molar-refractivity contribution in [1.29, 1.82) is 5.26 Å². The van der Waals surface area contributed by atoms with Gasteiger partial charge in [-0.3, -0.25) is 0 Å². The zero-order valence-electron chi connectivity index (χ0n) is 11.4. The smallest absolute Gasteiger partial charge is 0.186 e. The number of nitrogens with zero attached hydrogens (tertiary/aromatic N) is 3. The molecule has 1 saturated heterocycles. The Morgan fingerprint density at radius 1 is 1.40 bits per heavy atom. The van der Waals surface area contributed by atoms with Gasteiger partial charge in [0.1, 0.15) is 6.07 Å². The predicted molar refractivity (Wildman–Crippen MR) is 82.8 cm³/mol. The Hall–Kier alpha value is -1.80. The lowest BCUT2D eigenvalue weighted by Gasteiger charge is -2.24. The van der Waals surface area contributed by atoms with Gasteiger partial charge in [-0.05, 0) is 31.6 Å². The van der Waals surface area contributed by atoms with Gasteiger partial charge in [0.15, 0.2) is 5.69 Å². The van der Waals surface area contributed by atoms with Gasteiger partial charge >= 0.3 is 0 Å². The highest BCUT2D eigenvalue weighted by Crippen LogP contribution is 2.38. The van der Waals surface area contributed by atoms with E-state index in [1.165, 1.54) is 18.6 Å². The largest absolute Gasteiger partial charge is 0.381 e. The highest BCUT2D eigenvalue weighted by atomic mass is 32.2. The summed E-state index contributed by atoms with van der Waals surface area (Å²) in [4.78, 5) is 0. The van der Waals surface area contributed by atoms with Gasteiger partial charge in [-0.1, -0.05) is 18.2 Å². The van der Waals surface area contributed by atoms with Crippen LogP contribution in [0.15, 0.2) is 24.3 Å². The van der Waals surface area contributed by atoms with Crippen molar-refractivity contribution in [2.75, 3.05) is 17.6 Å². The average molecular weight is 284 g/mol. The van der Waals surface area contributed by atoms with Crippen molar-refractivity contribution in [2.24, 2.45) is 0 Å². The van der Waals surface area contributed by atoms with E-state index in [9.17, 15) is 5.26 Å². The minimum absolute atomic E-state index is 0.247. The molecular weight excluding hydrogens is 268 g/mol. The monoisotopic (exact) mass is 284 g/mol. The molecule has 1 aromatic carbocycles. The zero-order chi connectivity index (χ0) is 14.0. The molecule has 0 bridgehead atoms. The molecule has 1 aliphatic rings. The van der Waals surface area contributed by atoms with Crippen LogP contribution >= 0.6 is 11.8 Å². The Kier molecular flexibility index (Phi) is 3.49. The fourth-order valence-corrected chi connectivity index (χ4v) is 3.81. The summed E-state index contributed by atoms with van der Waals surface area (Å²) in [5.41, 5.74) is 2.00. The summed E-state index contributed by atoms with van der Waals surface area (Å²) in [5.74, 6) is 1.22. The van der Waals surface area contributed by atoms with Crippen LogP contribution in [0.2, 0.25) is 0 Å². The Balaban J connectivity index is 1.95. The van der Waals surface area contributed by atoms with Crippen molar-refractivity contribution < 1.29 is 0 Å². The van der Waals surface area contributed by atoms with E-state index >= 15 is 0 Å². The summed E-state index contributed by atoms with van der Waals surface area (Å²) in [5, 5.41) is 21.7. The maximum Gasteiger partial charge on any atom is 0.186 e. The van der Waals surface area contributed by atoms with Gasteiger partial charge in [0.25, 0.3) is 0 Å². The highest BCUT2D eigenvalue weighted by Gasteiger charge is 2.29. The summed E-state index contributed by atoms with van der Waals surface area (Å²) in [6.45, 7) is 3.13. The van der Waals surface area contributed by atoms with Gasteiger partial charge in [0.2, 0.25) is 0 Å². The summed E-state index contributed by atoms with van der Waals surface area (Å²) >= 11 is 2.00. The number of benzene rings is 1. The number of thioether (sulfide) groups is 1. The zero-order valence-corrected chi connectivity index (χ0v) is 12.2. The van der Waals surface area contributed by atoms with Gasteiger partial charge in [-0.15, -0.1) is 10.2 Å². The van der Waals surface area contributed by atoms with Gasteiger partial charge < -0.3 is 5.32 Å². The number of hydrogen-bond donors (Lipinski definition) is 1. The standard InChI is InChI=1S/C15H16N4S/c1-15(7-4-8-20-15)10-17-14-11-5-2-3-6-12(11)18-19-13(14)9-16/h2-3,5-6H,4,7-8,10H2,1H3,(H,17,18). The fourth-order valence-electron chi connectivity index (χ4n) is 2.56. The van der Waals surface area contributed by atoms with Crippen LogP contribution in [0.25, 0.3) is 10.9 Å². The molecule has 1 aliphatic heterocycles. The van der Waals surface area contributed by atoms with Crippen molar-refractivity contribution in [2.45, 2.75) is 24.5 Å². The molecule has 1 N–H and O–H groups in total. The average Bonchev–Trinajstić information content (AvgIpc) is 2.91. The van der Waals surface area contributed by atoms with Crippen LogP contribution in [-0.4, -0.2) is 27.2 Å². The molecule has 20 heavy (non-hydrogen) atoms. The molecule has 0 spiro atoms. The molecule has 2 aromatic rings. The van der Waals surface area contributed by atoms with Gasteiger partial charge in [0.05, 0.1) is 11.2 Å². The lowest BCUT2D eigenvalue weighted by molar-refractivity contribution is 0.635. The molecule has 0 aliphatic carbocycles. The molecule has 0 saturated carbocycles. The van der Waals surface area contributed by atoms with E-state index in [0.717, 1.165) is 23.1 Å². The van der Waals surface area contributed by atoms with Crippen LogP contribution in [0.1, 0.15) is 25.5 Å². The summed E-state index contributed by atoms with van der Waals surface area (Å²) in [6.07, 6.45) is 2.48. The van der Waals surface area contributed by atoms with Crippen molar-refractivity contribution in [1.82, 2.24) is 10.2 Å². The lowest BCUT2D eigenvalue weighted by atomic mass is 10.1. The lowest BCUT2D eigenvalue weighted by Crippen LogP contribution is -2.27. The first-order chi connectivity index (χ1) is 9.72. The third-order valence-corrected chi connectivity index (χ3v) is 5.25. The quantitative estimate of drug-likeness (QED) is 0.937. The maximum atomic E-state index is 9.24. The summed E-state index contributed by atoms with van der Waals surface area (Å²) < 4.78 is 0.247. The number of nitrogens with one attached hydrogen (secondary N) is 1. The van der Waals surface area contributed by atoms with E-state index in [0.29, 0.717) is 5.69 Å². The number of rotatable bonds is 3. The van der Waals surface area contributed by atoms with Crippen molar-refractivity contribution in [3.8, 4) is 6.07 Å². The second-order valence-corrected chi connectivity index (χ2v) is 6.99. The SMILES string of the molecule is CC1(CNc2c(C#N)nnc3ccccc23)CCCS1. The minimum atomic E-state index is 0.247. The van der Waals surface area contributed by atoms with Gasteiger partial charge in [-0.2, -0.15) is 17.0 Å². The van der Waals surface area contributed by atoms with Gasteiger partial charge in [-0.25, -0.2) is 0 Å². The molecule has 1 unspecified atom stereocenters. The number of nitriles is 1. The molecule has 2 heterocycles. The Morgan fingerprint density at radius 3 is 3.00 bits per heavy atom. The van der Waals surface area contributed by atoms with E-state index in [1.54, 1.807) is 0 Å². The number of hydrogen-bond acceptors (Lipinski definition) is 5.